The summed E-state index contributed by atoms with van der Waals surface area (Å²) in [6, 6.07) is 3.64. The number of piperidine rings is 1. The van der Waals surface area contributed by atoms with Gasteiger partial charge in [0.1, 0.15) is 0 Å². The van der Waals surface area contributed by atoms with Crippen LogP contribution in [-0.2, 0) is 16.1 Å². The number of nitrogens with two attached hydrogens (primary N) is 2. The first kappa shape index (κ1) is 17.7. The Morgan fingerprint density at radius 1 is 1.21 bits per heavy atom. The summed E-state index contributed by atoms with van der Waals surface area (Å²) < 4.78 is 0. The van der Waals surface area contributed by atoms with E-state index in [-0.39, 0.29) is 6.04 Å². The van der Waals surface area contributed by atoms with Crippen LogP contribution in [0.1, 0.15) is 18.5 Å². The molecule has 24 heavy (non-hydrogen) atoms. The van der Waals surface area contributed by atoms with E-state index in [0.717, 1.165) is 38.2 Å². The number of hydrogen-bond donors (Lipinski definition) is 4. The topological polar surface area (TPSA) is 143 Å². The minimum absolute atomic E-state index is 0.0358. The number of urea groups is 1. The molecule has 2 rings (SSSR count). The van der Waals surface area contributed by atoms with Crippen molar-refractivity contribution in [1.29, 1.82) is 0 Å². The maximum atomic E-state index is 11.8. The molecule has 9 nitrogen and oxygen atoms in total. The van der Waals surface area contributed by atoms with Gasteiger partial charge in [0.2, 0.25) is 11.8 Å². The van der Waals surface area contributed by atoms with Crippen molar-refractivity contribution in [1.82, 2.24) is 20.5 Å². The molecule has 0 bridgehead atoms. The monoisotopic (exact) mass is 334 g/mol. The van der Waals surface area contributed by atoms with Gasteiger partial charge in [-0.3, -0.25) is 19.5 Å². The molecule has 130 valence electrons. The summed E-state index contributed by atoms with van der Waals surface area (Å²) in [5.74, 6) is -1.97. The molecule has 0 atom stereocenters. The minimum atomic E-state index is -1.51. The second-order valence-electron chi connectivity index (χ2n) is 5.73. The van der Waals surface area contributed by atoms with Crippen LogP contribution < -0.4 is 22.1 Å². The van der Waals surface area contributed by atoms with Crippen molar-refractivity contribution >= 4 is 17.8 Å². The molecule has 6 N–H and O–H groups in total. The van der Waals surface area contributed by atoms with Gasteiger partial charge in [-0.05, 0) is 25.0 Å². The van der Waals surface area contributed by atoms with Gasteiger partial charge in [0.15, 0.2) is 6.04 Å². The Labute approximate surface area is 139 Å². The number of nitrogens with zero attached hydrogens (tertiary/aromatic N) is 2. The summed E-state index contributed by atoms with van der Waals surface area (Å²) in [5.41, 5.74) is 11.0. The number of carbonyl (C=O) groups is 3. The van der Waals surface area contributed by atoms with Crippen molar-refractivity contribution in [2.75, 3.05) is 13.1 Å². The molecule has 0 saturated carbocycles. The van der Waals surface area contributed by atoms with Gasteiger partial charge >= 0.3 is 6.03 Å². The van der Waals surface area contributed by atoms with Gasteiger partial charge in [-0.25, -0.2) is 4.79 Å². The lowest BCUT2D eigenvalue weighted by Gasteiger charge is -2.32. The molecule has 0 unspecified atom stereocenters. The second kappa shape index (κ2) is 8.25. The zero-order chi connectivity index (χ0) is 17.5. The molecule has 1 aliphatic heterocycles. The Morgan fingerprint density at radius 3 is 2.42 bits per heavy atom. The molecule has 0 radical (unpaired) electrons. The molecule has 1 fully saturated rings. The zero-order valence-electron chi connectivity index (χ0n) is 13.3. The van der Waals surface area contributed by atoms with Crippen LogP contribution in [0.3, 0.4) is 0 Å². The Morgan fingerprint density at radius 2 is 1.88 bits per heavy atom. The lowest BCUT2D eigenvalue weighted by molar-refractivity contribution is -0.128. The van der Waals surface area contributed by atoms with E-state index >= 15 is 0 Å². The first-order valence-electron chi connectivity index (χ1n) is 7.73. The van der Waals surface area contributed by atoms with Gasteiger partial charge in [-0.2, -0.15) is 0 Å². The van der Waals surface area contributed by atoms with Crippen LogP contribution in [0.25, 0.3) is 0 Å². The Kier molecular flexibility index (Phi) is 6.07. The summed E-state index contributed by atoms with van der Waals surface area (Å²) >= 11 is 0. The number of nitrogens with one attached hydrogen (secondary N) is 2. The largest absolute Gasteiger partial charge is 0.367 e. The molecular weight excluding hydrogens is 312 g/mol. The smallest absolute Gasteiger partial charge is 0.316 e. The summed E-state index contributed by atoms with van der Waals surface area (Å²) in [7, 11) is 0. The number of pyridine rings is 1. The fourth-order valence-corrected chi connectivity index (χ4v) is 2.60. The fraction of sp³-hybridized carbons (Fsp3) is 0.467. The summed E-state index contributed by atoms with van der Waals surface area (Å²) in [4.78, 5) is 40.5. The molecule has 1 aromatic rings. The molecule has 9 heteroatoms. The average Bonchev–Trinajstić information content (AvgIpc) is 2.55. The average molecular weight is 334 g/mol. The highest BCUT2D eigenvalue weighted by Crippen LogP contribution is 2.12. The number of amides is 4. The van der Waals surface area contributed by atoms with Crippen molar-refractivity contribution < 1.29 is 14.4 Å². The highest BCUT2D eigenvalue weighted by Gasteiger charge is 2.26. The zero-order valence-corrected chi connectivity index (χ0v) is 13.3. The third kappa shape index (κ3) is 5.20. The van der Waals surface area contributed by atoms with Crippen molar-refractivity contribution in [3.8, 4) is 0 Å². The summed E-state index contributed by atoms with van der Waals surface area (Å²) in [6.07, 6.45) is 3.29. The number of primary amides is 2. The first-order chi connectivity index (χ1) is 11.5. The molecule has 0 aliphatic carbocycles. The lowest BCUT2D eigenvalue weighted by Crippen LogP contribution is -2.57. The Hall–Kier alpha value is -2.68. The predicted octanol–water partition coefficient (Wildman–Crippen LogP) is -1.32. The number of carbonyl (C=O) groups excluding carboxylic acids is 3. The van der Waals surface area contributed by atoms with Crippen molar-refractivity contribution in [3.05, 3.63) is 30.1 Å². The van der Waals surface area contributed by atoms with E-state index in [4.69, 9.17) is 11.5 Å². The SMILES string of the molecule is NC(=O)C(NC(=O)NC1CCN(Cc2ccccn2)CC1)C(N)=O. The van der Waals surface area contributed by atoms with Gasteiger partial charge in [-0.15, -0.1) is 0 Å². The molecule has 1 saturated heterocycles. The van der Waals surface area contributed by atoms with E-state index in [1.807, 2.05) is 18.2 Å². The van der Waals surface area contributed by atoms with E-state index < -0.39 is 23.9 Å². The van der Waals surface area contributed by atoms with E-state index in [0.29, 0.717) is 0 Å². The number of hydrogen-bond acceptors (Lipinski definition) is 5. The standard InChI is InChI=1S/C15H22N6O3/c16-13(22)12(14(17)23)20-15(24)19-10-4-7-21(8-5-10)9-11-3-1-2-6-18-11/h1-3,6,10,12H,4-5,7-9H2,(H2,16,22)(H2,17,23)(H2,19,20,24). The predicted molar refractivity (Wildman–Crippen MR) is 86.4 cm³/mol. The highest BCUT2D eigenvalue weighted by molar-refractivity contribution is 6.05. The molecule has 0 spiro atoms. The normalized spacial score (nSPS) is 15.9. The van der Waals surface area contributed by atoms with E-state index in [1.54, 1.807) is 6.20 Å². The quantitative estimate of drug-likeness (QED) is 0.477. The van der Waals surface area contributed by atoms with Crippen LogP contribution in [0.5, 0.6) is 0 Å². The third-order valence-corrected chi connectivity index (χ3v) is 3.88. The fourth-order valence-electron chi connectivity index (χ4n) is 2.60. The minimum Gasteiger partial charge on any atom is -0.367 e. The summed E-state index contributed by atoms with van der Waals surface area (Å²) in [5, 5.41) is 4.93. The summed E-state index contributed by atoms with van der Waals surface area (Å²) in [6.45, 7) is 2.40. The van der Waals surface area contributed by atoms with Gasteiger partial charge in [0.05, 0.1) is 5.69 Å². The molecule has 1 aromatic heterocycles. The van der Waals surface area contributed by atoms with Crippen LogP contribution in [0.15, 0.2) is 24.4 Å². The first-order valence-corrected chi connectivity index (χ1v) is 7.73. The lowest BCUT2D eigenvalue weighted by atomic mass is 10.0. The molecular formula is C15H22N6O3. The second-order valence-corrected chi connectivity index (χ2v) is 5.73. The molecule has 0 aromatic carbocycles. The highest BCUT2D eigenvalue weighted by atomic mass is 16.2. The van der Waals surface area contributed by atoms with Crippen molar-refractivity contribution in [3.63, 3.8) is 0 Å². The third-order valence-electron chi connectivity index (χ3n) is 3.88. The van der Waals surface area contributed by atoms with Crippen molar-refractivity contribution in [2.45, 2.75) is 31.5 Å². The van der Waals surface area contributed by atoms with Crippen LogP contribution >= 0.6 is 0 Å². The van der Waals surface area contributed by atoms with Gasteiger partial charge in [-0.1, -0.05) is 6.07 Å². The number of likely N-dealkylation sites (tertiary alicyclic amines) is 1. The van der Waals surface area contributed by atoms with Crippen LogP contribution in [0.4, 0.5) is 4.79 Å². The van der Waals surface area contributed by atoms with Gasteiger partial charge in [0.25, 0.3) is 0 Å². The Bertz CT molecular complexity index is 572. The van der Waals surface area contributed by atoms with Crippen LogP contribution in [-0.4, -0.2) is 52.9 Å². The van der Waals surface area contributed by atoms with Crippen molar-refractivity contribution in [2.24, 2.45) is 11.5 Å². The molecule has 4 amide bonds. The number of aromatic nitrogens is 1. The van der Waals surface area contributed by atoms with E-state index in [9.17, 15) is 14.4 Å². The maximum Gasteiger partial charge on any atom is 0.316 e. The van der Waals surface area contributed by atoms with Gasteiger partial charge < -0.3 is 22.1 Å². The molecule has 2 heterocycles. The molecule has 1 aliphatic rings. The van der Waals surface area contributed by atoms with Gasteiger partial charge in [0, 0.05) is 31.9 Å². The van der Waals surface area contributed by atoms with E-state index in [1.165, 1.54) is 0 Å². The maximum absolute atomic E-state index is 11.8. The van der Waals surface area contributed by atoms with Crippen LogP contribution in [0, 0.1) is 0 Å². The van der Waals surface area contributed by atoms with E-state index in [2.05, 4.69) is 20.5 Å². The Balaban J connectivity index is 1.75. The van der Waals surface area contributed by atoms with Crippen LogP contribution in [0.2, 0.25) is 0 Å². The number of rotatable bonds is 6.